The second-order valence-corrected chi connectivity index (χ2v) is 12.0. The number of hydrogen-bond acceptors (Lipinski definition) is 7. The van der Waals surface area contributed by atoms with Gasteiger partial charge in [0.2, 0.25) is 0 Å². The van der Waals surface area contributed by atoms with Crippen LogP contribution in [0.5, 0.6) is 11.5 Å². The number of rotatable bonds is 8. The summed E-state index contributed by atoms with van der Waals surface area (Å²) >= 11 is 16.0. The summed E-state index contributed by atoms with van der Waals surface area (Å²) in [5.41, 5.74) is 9.56. The third-order valence-corrected chi connectivity index (χ3v) is 8.15. The minimum atomic E-state index is -0.641. The summed E-state index contributed by atoms with van der Waals surface area (Å²) in [4.78, 5) is 15.5. The molecule has 2 aliphatic rings. The van der Waals surface area contributed by atoms with Gasteiger partial charge in [-0.25, -0.2) is 0 Å². The minimum absolute atomic E-state index is 0.00159. The molecule has 2 aromatic carbocycles. The van der Waals surface area contributed by atoms with Crippen molar-refractivity contribution in [2.24, 2.45) is 11.1 Å². The van der Waals surface area contributed by atoms with Crippen molar-refractivity contribution in [2.45, 2.75) is 39.2 Å². The Balaban J connectivity index is 1.79. The second-order valence-electron chi connectivity index (χ2n) is 10.3. The smallest absolute Gasteiger partial charge is 0.175 e. The lowest BCUT2D eigenvalue weighted by atomic mass is 9.68. The Kier molecular flexibility index (Phi) is 8.87. The normalized spacial score (nSPS) is 18.7. The van der Waals surface area contributed by atoms with Crippen molar-refractivity contribution in [2.75, 3.05) is 27.4 Å². The molecule has 2 aromatic rings. The molecule has 1 aliphatic heterocycles. The quantitative estimate of drug-likeness (QED) is 0.344. The zero-order valence-electron chi connectivity index (χ0n) is 22.2. The molecular weight excluding hydrogens is 605 g/mol. The second kappa shape index (κ2) is 11.8. The van der Waals surface area contributed by atoms with Gasteiger partial charge in [-0.1, -0.05) is 43.1 Å². The van der Waals surface area contributed by atoms with E-state index in [1.807, 2.05) is 11.0 Å². The Hall–Kier alpha value is -2.70. The maximum atomic E-state index is 13.7. The van der Waals surface area contributed by atoms with Crippen LogP contribution in [0.4, 0.5) is 0 Å². The molecule has 0 aromatic heterocycles. The first kappa shape index (κ1) is 29.3. The van der Waals surface area contributed by atoms with Gasteiger partial charge in [-0.05, 0) is 57.6 Å². The van der Waals surface area contributed by atoms with Crippen LogP contribution in [-0.2, 0) is 16.1 Å². The first-order valence-electron chi connectivity index (χ1n) is 12.4. The first-order chi connectivity index (χ1) is 18.5. The summed E-state index contributed by atoms with van der Waals surface area (Å²) < 4.78 is 17.7. The van der Waals surface area contributed by atoms with Crippen LogP contribution in [0.1, 0.15) is 43.7 Å². The van der Waals surface area contributed by atoms with Gasteiger partial charge in [0.25, 0.3) is 0 Å². The summed E-state index contributed by atoms with van der Waals surface area (Å²) in [6.45, 7) is 5.16. The van der Waals surface area contributed by atoms with Gasteiger partial charge in [0, 0.05) is 47.0 Å². The van der Waals surface area contributed by atoms with Crippen LogP contribution in [0.15, 0.2) is 57.5 Å². The average Bonchev–Trinajstić information content (AvgIpc) is 2.86. The van der Waals surface area contributed by atoms with E-state index in [1.54, 1.807) is 31.4 Å². The summed E-state index contributed by atoms with van der Waals surface area (Å²) in [5.74, 6) is 0.592. The van der Waals surface area contributed by atoms with Crippen molar-refractivity contribution in [3.63, 3.8) is 0 Å². The highest BCUT2D eigenvalue weighted by Crippen LogP contribution is 2.50. The predicted octanol–water partition coefficient (Wildman–Crippen LogP) is 6.73. The van der Waals surface area contributed by atoms with E-state index in [-0.39, 0.29) is 17.8 Å². The number of ether oxygens (including phenoxy) is 3. The van der Waals surface area contributed by atoms with Crippen LogP contribution in [0.25, 0.3) is 0 Å². The monoisotopic (exact) mass is 633 g/mol. The number of nitriles is 1. The zero-order valence-corrected chi connectivity index (χ0v) is 25.3. The van der Waals surface area contributed by atoms with Gasteiger partial charge in [0.05, 0.1) is 35.7 Å². The van der Waals surface area contributed by atoms with E-state index >= 15 is 0 Å². The SMILES string of the molecule is COCCN1C(N)=C(C#N)[C@H](c2cc(Br)c(OCc3ccc(Cl)cc3Cl)c(OC)c2)C2=C1CC(C)(C)CC2=O. The van der Waals surface area contributed by atoms with Crippen LogP contribution in [-0.4, -0.2) is 38.1 Å². The number of ketones is 1. The largest absolute Gasteiger partial charge is 0.493 e. The highest BCUT2D eigenvalue weighted by atomic mass is 79.9. The lowest BCUT2D eigenvalue weighted by molar-refractivity contribution is -0.118. The number of halogens is 3. The third kappa shape index (κ3) is 5.92. The van der Waals surface area contributed by atoms with E-state index in [9.17, 15) is 10.1 Å². The molecular formula is C29H30BrCl2N3O4. The van der Waals surface area contributed by atoms with Crippen molar-refractivity contribution in [3.05, 3.63) is 78.6 Å². The van der Waals surface area contributed by atoms with Crippen molar-refractivity contribution in [1.29, 1.82) is 5.26 Å². The van der Waals surface area contributed by atoms with Crippen molar-refractivity contribution < 1.29 is 19.0 Å². The van der Waals surface area contributed by atoms with Gasteiger partial charge in [0.15, 0.2) is 17.3 Å². The summed E-state index contributed by atoms with van der Waals surface area (Å²) in [5, 5.41) is 11.3. The van der Waals surface area contributed by atoms with E-state index in [0.29, 0.717) is 74.5 Å². The Bertz CT molecular complexity index is 1410. The number of Topliss-reactive ketones (excluding diaryl/α,β-unsaturated/α-hetero) is 1. The van der Waals surface area contributed by atoms with Crippen molar-refractivity contribution in [3.8, 4) is 17.6 Å². The number of hydrogen-bond donors (Lipinski definition) is 1. The Morgan fingerprint density at radius 1 is 1.21 bits per heavy atom. The van der Waals surface area contributed by atoms with Crippen molar-refractivity contribution in [1.82, 2.24) is 4.90 Å². The number of carbonyl (C=O) groups excluding carboxylic acids is 1. The number of nitrogens with two attached hydrogens (primary N) is 1. The molecule has 0 radical (unpaired) electrons. The molecule has 2 N–H and O–H groups in total. The zero-order chi connectivity index (χ0) is 28.5. The van der Waals surface area contributed by atoms with E-state index in [1.165, 1.54) is 7.11 Å². The van der Waals surface area contributed by atoms with Gasteiger partial charge in [-0.3, -0.25) is 4.79 Å². The van der Waals surface area contributed by atoms with Crippen LogP contribution in [0, 0.1) is 16.7 Å². The van der Waals surface area contributed by atoms with Crippen LogP contribution >= 0.6 is 39.1 Å². The molecule has 1 atom stereocenters. The third-order valence-electron chi connectivity index (χ3n) is 6.98. The van der Waals surface area contributed by atoms with Gasteiger partial charge in [-0.15, -0.1) is 0 Å². The predicted molar refractivity (Wildman–Crippen MR) is 155 cm³/mol. The maximum Gasteiger partial charge on any atom is 0.175 e. The number of benzene rings is 2. The molecule has 1 aliphatic carbocycles. The average molecular weight is 635 g/mol. The molecule has 206 valence electrons. The Labute approximate surface area is 247 Å². The fraction of sp³-hybridized carbons (Fsp3) is 0.379. The Morgan fingerprint density at radius 2 is 1.95 bits per heavy atom. The van der Waals surface area contributed by atoms with Gasteiger partial charge in [-0.2, -0.15) is 5.26 Å². The number of methoxy groups -OCH3 is 2. The number of nitrogens with zero attached hydrogens (tertiary/aromatic N) is 2. The van der Waals surface area contributed by atoms with Gasteiger partial charge < -0.3 is 24.8 Å². The molecule has 0 fully saturated rings. The first-order valence-corrected chi connectivity index (χ1v) is 13.9. The molecule has 39 heavy (non-hydrogen) atoms. The van der Waals surface area contributed by atoms with Gasteiger partial charge in [0.1, 0.15) is 12.4 Å². The number of allylic oxidation sites excluding steroid dienone is 3. The standard InChI is InChI=1S/C29H30BrCl2N3O4/c1-29(2)12-22-26(23(36)13-29)25(19(14-33)28(34)35(22)7-8-37-3)17-9-20(30)27(24(10-17)38-4)39-15-16-5-6-18(31)11-21(16)32/h5-6,9-11,25H,7-8,12-13,15,34H2,1-4H3/t25-/m0/s1. The molecule has 0 unspecified atom stereocenters. The van der Waals surface area contributed by atoms with E-state index in [0.717, 1.165) is 11.3 Å². The minimum Gasteiger partial charge on any atom is -0.493 e. The molecule has 0 saturated carbocycles. The van der Waals surface area contributed by atoms with Crippen molar-refractivity contribution >= 4 is 44.9 Å². The van der Waals surface area contributed by atoms with E-state index in [2.05, 4.69) is 35.8 Å². The highest BCUT2D eigenvalue weighted by molar-refractivity contribution is 9.10. The molecule has 0 saturated heterocycles. The topological polar surface area (TPSA) is 97.8 Å². The van der Waals surface area contributed by atoms with Gasteiger partial charge >= 0.3 is 0 Å². The summed E-state index contributed by atoms with van der Waals surface area (Å²) in [7, 11) is 3.15. The fourth-order valence-corrected chi connectivity index (χ4v) is 6.22. The molecule has 7 nitrogen and oxygen atoms in total. The van der Waals surface area contributed by atoms with E-state index < -0.39 is 5.92 Å². The summed E-state index contributed by atoms with van der Waals surface area (Å²) in [6, 6.07) is 11.1. The summed E-state index contributed by atoms with van der Waals surface area (Å²) in [6.07, 6.45) is 1.02. The molecule has 0 amide bonds. The lowest BCUT2D eigenvalue weighted by Crippen LogP contribution is -2.43. The van der Waals surface area contributed by atoms with Crippen LogP contribution in [0.2, 0.25) is 10.0 Å². The Morgan fingerprint density at radius 3 is 2.59 bits per heavy atom. The molecule has 4 rings (SSSR count). The highest BCUT2D eigenvalue weighted by Gasteiger charge is 2.44. The molecule has 0 bridgehead atoms. The maximum absolute atomic E-state index is 13.7. The molecule has 10 heteroatoms. The molecule has 0 spiro atoms. The molecule has 1 heterocycles. The van der Waals surface area contributed by atoms with Crippen LogP contribution < -0.4 is 15.2 Å². The number of carbonyl (C=O) groups is 1. The fourth-order valence-electron chi connectivity index (χ4n) is 5.18. The van der Waals surface area contributed by atoms with Crippen LogP contribution in [0.3, 0.4) is 0 Å². The van der Waals surface area contributed by atoms with E-state index in [4.69, 9.17) is 43.1 Å². The lowest BCUT2D eigenvalue weighted by Gasteiger charge is -2.43.